The average Bonchev–Trinajstić information content (AvgIpc) is 2.74. The number of sulfonamides is 1. The maximum Gasteiger partial charge on any atom is 0.244 e. The lowest BCUT2D eigenvalue weighted by molar-refractivity contribution is -0.140. The SMILES string of the molecule is CC[C@@H](C(=O)NC)N(Cc1ccc(F)cc1)C(=O)CN(c1cccc(C)c1C)S(C)(=O)=O. The smallest absolute Gasteiger partial charge is 0.244 e. The van der Waals surface area contributed by atoms with E-state index in [9.17, 15) is 22.4 Å². The largest absolute Gasteiger partial charge is 0.357 e. The number of anilines is 1. The van der Waals surface area contributed by atoms with Crippen LogP contribution < -0.4 is 9.62 Å². The van der Waals surface area contributed by atoms with Crippen molar-refractivity contribution in [3.8, 4) is 0 Å². The van der Waals surface area contributed by atoms with Gasteiger partial charge in [-0.05, 0) is 55.2 Å². The first-order chi connectivity index (χ1) is 15.0. The zero-order valence-corrected chi connectivity index (χ0v) is 19.9. The number of hydrogen-bond donors (Lipinski definition) is 1. The van der Waals surface area contributed by atoms with Gasteiger partial charge in [-0.25, -0.2) is 12.8 Å². The number of nitrogens with zero attached hydrogens (tertiary/aromatic N) is 2. The third-order valence-electron chi connectivity index (χ3n) is 5.42. The van der Waals surface area contributed by atoms with Crippen molar-refractivity contribution in [2.24, 2.45) is 0 Å². The minimum atomic E-state index is -3.79. The van der Waals surface area contributed by atoms with E-state index in [-0.39, 0.29) is 12.5 Å². The highest BCUT2D eigenvalue weighted by atomic mass is 32.2. The molecule has 0 saturated heterocycles. The zero-order valence-electron chi connectivity index (χ0n) is 19.1. The van der Waals surface area contributed by atoms with Crippen LogP contribution in [-0.2, 0) is 26.2 Å². The quantitative estimate of drug-likeness (QED) is 0.620. The summed E-state index contributed by atoms with van der Waals surface area (Å²) in [5.74, 6) is -1.31. The number of rotatable bonds is 9. The van der Waals surface area contributed by atoms with Gasteiger partial charge in [0.05, 0.1) is 11.9 Å². The van der Waals surface area contributed by atoms with E-state index in [1.165, 1.54) is 36.2 Å². The normalized spacial score (nSPS) is 12.2. The summed E-state index contributed by atoms with van der Waals surface area (Å²) in [6, 6.07) is 10.1. The minimum Gasteiger partial charge on any atom is -0.357 e. The van der Waals surface area contributed by atoms with E-state index in [1.54, 1.807) is 26.0 Å². The summed E-state index contributed by atoms with van der Waals surface area (Å²) in [4.78, 5) is 27.3. The molecule has 2 aromatic rings. The van der Waals surface area contributed by atoms with Crippen molar-refractivity contribution in [2.75, 3.05) is 24.2 Å². The van der Waals surface area contributed by atoms with Crippen molar-refractivity contribution in [3.63, 3.8) is 0 Å². The number of hydrogen-bond acceptors (Lipinski definition) is 4. The Hall–Kier alpha value is -2.94. The lowest BCUT2D eigenvalue weighted by atomic mass is 10.1. The Bertz CT molecular complexity index is 1070. The highest BCUT2D eigenvalue weighted by Crippen LogP contribution is 2.25. The molecular weight excluding hydrogens is 433 g/mol. The number of likely N-dealkylation sites (N-methyl/N-ethyl adjacent to an activating group) is 1. The molecule has 0 fully saturated rings. The third-order valence-corrected chi connectivity index (χ3v) is 6.55. The van der Waals surface area contributed by atoms with Crippen LogP contribution in [0, 0.1) is 19.7 Å². The molecule has 2 amide bonds. The first-order valence-electron chi connectivity index (χ1n) is 10.3. The summed E-state index contributed by atoms with van der Waals surface area (Å²) in [5.41, 5.74) is 2.67. The second-order valence-electron chi connectivity index (χ2n) is 7.68. The number of halogens is 1. The number of benzene rings is 2. The standard InChI is InChI=1S/C23H30FN3O4S/c1-6-20(23(29)25-4)26(14-18-10-12-19(24)13-11-18)22(28)15-27(32(5,30)31)21-9-7-8-16(2)17(21)3/h7-13,20H,6,14-15H2,1-5H3,(H,25,29)/t20-/m0/s1. The van der Waals surface area contributed by atoms with Crippen molar-refractivity contribution in [1.82, 2.24) is 10.2 Å². The number of aryl methyl sites for hydroxylation is 1. The summed E-state index contributed by atoms with van der Waals surface area (Å²) in [6.45, 7) is 5.00. The Balaban J connectivity index is 2.46. The van der Waals surface area contributed by atoms with Crippen molar-refractivity contribution < 1.29 is 22.4 Å². The average molecular weight is 464 g/mol. The van der Waals surface area contributed by atoms with Crippen LogP contribution in [0.25, 0.3) is 0 Å². The third kappa shape index (κ3) is 6.06. The number of nitrogens with one attached hydrogen (secondary N) is 1. The van der Waals surface area contributed by atoms with E-state index in [0.717, 1.165) is 21.7 Å². The molecule has 0 aliphatic heterocycles. The molecule has 174 valence electrons. The molecule has 0 aliphatic rings. The van der Waals surface area contributed by atoms with E-state index in [0.29, 0.717) is 17.7 Å². The van der Waals surface area contributed by atoms with Gasteiger partial charge < -0.3 is 10.2 Å². The van der Waals surface area contributed by atoms with Crippen LogP contribution in [0.2, 0.25) is 0 Å². The lowest BCUT2D eigenvalue weighted by Gasteiger charge is -2.33. The molecule has 2 aromatic carbocycles. The Labute approximate surface area is 189 Å². The predicted molar refractivity (Wildman–Crippen MR) is 123 cm³/mol. The van der Waals surface area contributed by atoms with Crippen LogP contribution in [0.4, 0.5) is 10.1 Å². The number of amides is 2. The van der Waals surface area contributed by atoms with Crippen LogP contribution in [0.5, 0.6) is 0 Å². The Morgan fingerprint density at radius 1 is 1.09 bits per heavy atom. The molecule has 32 heavy (non-hydrogen) atoms. The maximum atomic E-state index is 13.4. The maximum absolute atomic E-state index is 13.4. The summed E-state index contributed by atoms with van der Waals surface area (Å²) in [7, 11) is -2.31. The zero-order chi connectivity index (χ0) is 24.1. The molecule has 0 bridgehead atoms. The fourth-order valence-electron chi connectivity index (χ4n) is 3.47. The van der Waals surface area contributed by atoms with Gasteiger partial charge in [-0.1, -0.05) is 31.2 Å². The fourth-order valence-corrected chi connectivity index (χ4v) is 4.37. The van der Waals surface area contributed by atoms with E-state index >= 15 is 0 Å². The first kappa shape index (κ1) is 25.3. The van der Waals surface area contributed by atoms with Crippen LogP contribution in [0.15, 0.2) is 42.5 Å². The molecule has 0 saturated carbocycles. The molecular formula is C23H30FN3O4S. The molecule has 0 radical (unpaired) electrons. The molecule has 0 aromatic heterocycles. The van der Waals surface area contributed by atoms with Gasteiger partial charge in [0.2, 0.25) is 21.8 Å². The van der Waals surface area contributed by atoms with Gasteiger partial charge in [0.25, 0.3) is 0 Å². The Morgan fingerprint density at radius 2 is 1.72 bits per heavy atom. The van der Waals surface area contributed by atoms with Gasteiger partial charge in [0.15, 0.2) is 0 Å². The predicted octanol–water partition coefficient (Wildman–Crippen LogP) is 2.76. The molecule has 7 nitrogen and oxygen atoms in total. The van der Waals surface area contributed by atoms with Gasteiger partial charge in [0, 0.05) is 13.6 Å². The van der Waals surface area contributed by atoms with Gasteiger partial charge in [-0.3, -0.25) is 13.9 Å². The summed E-state index contributed by atoms with van der Waals surface area (Å²) in [6.07, 6.45) is 1.37. The summed E-state index contributed by atoms with van der Waals surface area (Å²) < 4.78 is 39.6. The van der Waals surface area contributed by atoms with Crippen molar-refractivity contribution >= 4 is 27.5 Å². The van der Waals surface area contributed by atoms with E-state index in [1.807, 2.05) is 13.0 Å². The fraction of sp³-hybridized carbons (Fsp3) is 0.391. The van der Waals surface area contributed by atoms with E-state index in [4.69, 9.17) is 0 Å². The van der Waals surface area contributed by atoms with Crippen molar-refractivity contribution in [2.45, 2.75) is 39.8 Å². The highest BCUT2D eigenvalue weighted by molar-refractivity contribution is 7.92. The van der Waals surface area contributed by atoms with Crippen LogP contribution in [0.3, 0.4) is 0 Å². The topological polar surface area (TPSA) is 86.8 Å². The second kappa shape index (κ2) is 10.6. The minimum absolute atomic E-state index is 0.0371. The number of carbonyl (C=O) groups is 2. The van der Waals surface area contributed by atoms with Gasteiger partial charge in [0.1, 0.15) is 18.4 Å². The van der Waals surface area contributed by atoms with Crippen molar-refractivity contribution in [3.05, 3.63) is 65.0 Å². The van der Waals surface area contributed by atoms with Crippen molar-refractivity contribution in [1.29, 1.82) is 0 Å². The molecule has 1 N–H and O–H groups in total. The van der Waals surface area contributed by atoms with Crippen LogP contribution >= 0.6 is 0 Å². The first-order valence-corrected chi connectivity index (χ1v) is 12.1. The van der Waals surface area contributed by atoms with Crippen LogP contribution in [0.1, 0.15) is 30.0 Å². The molecule has 0 spiro atoms. The highest BCUT2D eigenvalue weighted by Gasteiger charge is 2.31. The van der Waals surface area contributed by atoms with Crippen LogP contribution in [-0.4, -0.2) is 51.0 Å². The van der Waals surface area contributed by atoms with Gasteiger partial charge in [-0.2, -0.15) is 0 Å². The summed E-state index contributed by atoms with van der Waals surface area (Å²) in [5, 5.41) is 2.55. The molecule has 0 heterocycles. The molecule has 9 heteroatoms. The molecule has 0 unspecified atom stereocenters. The van der Waals surface area contributed by atoms with Gasteiger partial charge >= 0.3 is 0 Å². The summed E-state index contributed by atoms with van der Waals surface area (Å²) >= 11 is 0. The Morgan fingerprint density at radius 3 is 2.25 bits per heavy atom. The Kier molecular flexibility index (Phi) is 8.38. The molecule has 0 aliphatic carbocycles. The van der Waals surface area contributed by atoms with Gasteiger partial charge in [-0.15, -0.1) is 0 Å². The molecule has 2 rings (SSSR count). The number of carbonyl (C=O) groups excluding carboxylic acids is 2. The monoisotopic (exact) mass is 463 g/mol. The second-order valence-corrected chi connectivity index (χ2v) is 9.58. The van der Waals surface area contributed by atoms with E-state index < -0.39 is 34.3 Å². The lowest BCUT2D eigenvalue weighted by Crippen LogP contribution is -2.51. The molecule has 1 atom stereocenters. The van der Waals surface area contributed by atoms with E-state index in [2.05, 4.69) is 5.32 Å².